The Hall–Kier alpha value is -10.8. The summed E-state index contributed by atoms with van der Waals surface area (Å²) < 4.78 is 2.64. The minimum Gasteiger partial charge on any atom is -0.505 e. The zero-order chi connectivity index (χ0) is 80.2. The maximum Gasteiger partial charge on any atom is 0.271 e. The van der Waals surface area contributed by atoms with Crippen LogP contribution in [0.2, 0.25) is 0 Å². The Labute approximate surface area is 709 Å². The van der Waals surface area contributed by atoms with Crippen molar-refractivity contribution in [2.75, 3.05) is 6.54 Å². The molecule has 0 saturated carbocycles. The molecular formula is C86H73I3N8O14Y-2. The van der Waals surface area contributed by atoms with E-state index >= 15 is 0 Å². The van der Waals surface area contributed by atoms with E-state index in [0.29, 0.717) is 75.2 Å². The number of halogens is 3. The third kappa shape index (κ3) is 23.0. The van der Waals surface area contributed by atoms with E-state index in [1.807, 2.05) is 131 Å². The fraction of sp³-hybridized carbons (Fsp3) is 0.151. The number of rotatable bonds is 17. The van der Waals surface area contributed by atoms with Crippen molar-refractivity contribution >= 4 is 148 Å². The molecule has 112 heavy (non-hydrogen) atoms. The summed E-state index contributed by atoms with van der Waals surface area (Å²) in [7, 11) is 0. The molecule has 6 amide bonds. The molecule has 13 rings (SSSR count). The fourth-order valence-corrected chi connectivity index (χ4v) is 12.7. The molecule has 10 N–H and O–H groups in total. The van der Waals surface area contributed by atoms with Crippen LogP contribution in [0.5, 0.6) is 17.2 Å². The van der Waals surface area contributed by atoms with Gasteiger partial charge < -0.3 is 61.1 Å². The molecule has 0 atom stereocenters. The first-order valence-electron chi connectivity index (χ1n) is 34.5. The van der Waals surface area contributed by atoms with Crippen LogP contribution in [0.25, 0.3) is 32.3 Å². The summed E-state index contributed by atoms with van der Waals surface area (Å²) in [6, 6.07) is 56.3. The second-order valence-electron chi connectivity index (χ2n) is 25.5. The molecule has 4 heterocycles. The maximum absolute atomic E-state index is 12.5. The van der Waals surface area contributed by atoms with E-state index in [2.05, 4.69) is 123 Å². The van der Waals surface area contributed by atoms with Gasteiger partial charge in [-0.15, -0.1) is 12.0 Å². The van der Waals surface area contributed by atoms with Crippen LogP contribution in [0.3, 0.4) is 0 Å². The normalized spacial score (nSPS) is 10.9. The van der Waals surface area contributed by atoms with E-state index < -0.39 is 40.7 Å². The van der Waals surface area contributed by atoms with Crippen LogP contribution in [-0.2, 0) is 79.7 Å². The van der Waals surface area contributed by atoms with Gasteiger partial charge in [0.1, 0.15) is 23.6 Å². The Morgan fingerprint density at radius 1 is 0.420 bits per heavy atom. The number of hydrogen-bond donors (Lipinski definition) is 10. The third-order valence-corrected chi connectivity index (χ3v) is 19.3. The van der Waals surface area contributed by atoms with Crippen LogP contribution in [-0.4, -0.2) is 89.7 Å². The van der Waals surface area contributed by atoms with Gasteiger partial charge >= 0.3 is 0 Å². The molecule has 26 heteroatoms. The average molecular weight is 1910 g/mol. The Balaban J connectivity index is 0.000000179. The molecule has 1 radical (unpaired) electrons. The summed E-state index contributed by atoms with van der Waals surface area (Å²) in [6.45, 7) is 12.7. The summed E-state index contributed by atoms with van der Waals surface area (Å²) in [4.78, 5) is 139. The van der Waals surface area contributed by atoms with Crippen molar-refractivity contribution in [2.45, 2.75) is 80.6 Å². The summed E-state index contributed by atoms with van der Waals surface area (Å²) in [5.74, 6) is 2.18. The zero-order valence-corrected chi connectivity index (χ0v) is 70.6. The van der Waals surface area contributed by atoms with Crippen molar-refractivity contribution in [1.29, 1.82) is 0 Å². The molecule has 1 aliphatic heterocycles. The van der Waals surface area contributed by atoms with Crippen LogP contribution in [0.1, 0.15) is 139 Å². The topological polar surface area (TPSA) is 347 Å². The van der Waals surface area contributed by atoms with Gasteiger partial charge in [-0.3, -0.25) is 59.2 Å². The minimum atomic E-state index is -0.547. The van der Waals surface area contributed by atoms with E-state index in [-0.39, 0.29) is 96.2 Å². The van der Waals surface area contributed by atoms with E-state index in [4.69, 9.17) is 0 Å². The monoisotopic (exact) mass is 1910 g/mol. The summed E-state index contributed by atoms with van der Waals surface area (Å²) in [5.41, 5.74) is 9.62. The summed E-state index contributed by atoms with van der Waals surface area (Å²) in [5, 5.41) is 44.4. The summed E-state index contributed by atoms with van der Waals surface area (Å²) >= 11 is 6.22. The van der Waals surface area contributed by atoms with Crippen LogP contribution in [0.4, 0.5) is 0 Å². The van der Waals surface area contributed by atoms with Gasteiger partial charge in [-0.2, -0.15) is 0 Å². The van der Waals surface area contributed by atoms with Crippen molar-refractivity contribution in [3.05, 3.63) is 325 Å². The number of aromatic hydroxyl groups is 3. The van der Waals surface area contributed by atoms with Gasteiger partial charge in [-0.25, -0.2) is 12.1 Å². The largest absolute Gasteiger partial charge is 0.505 e. The number of nitrogens with one attached hydrogen (secondary N) is 7. The second kappa shape index (κ2) is 41.0. The third-order valence-electron chi connectivity index (χ3n) is 17.3. The van der Waals surface area contributed by atoms with Crippen molar-refractivity contribution in [2.24, 2.45) is 0 Å². The molecule has 0 bridgehead atoms. The number of aryl methyl sites for hydroxylation is 5. The smallest absolute Gasteiger partial charge is 0.271 e. The molecule has 22 nitrogen and oxygen atoms in total. The number of fused-ring (bicyclic) bond motifs is 4. The molecule has 0 unspecified atom stereocenters. The standard InChI is InChI=1S/C21H22N2O3.C21H18N2O3.2C18H15IN2O3.C8H3IO2.Y/c2*1-3-4-14-9-10-16-17(11-14)19(24)18(23-20(16)25)21(26)22-12-15-7-5-13(2)6-8-15;1-11-2-4-12(5-3-11)9-20-16(22)10-21-17(23)14-7-6-13(19)8-15(14)18(21)24;1-10-2-4-11(5-3-10)9-20-18(24)15-16(22)14-8-12(19)6-7-13(14)17(23)21-15;9-8-2-1-6(4-10)7(3-8)5-11;/h5-11,24H,3-4,12H2,1-2H3,(H,22,26)(H,23,25);5-11,24H,12H2,1-2H3,(H,22,26)(H,23,25);2-8H,9-10H2,1H3,(H,20,22);2-8,22H,9H2,1H3,(H,20,24)(H,21,23);1-3H;/q;;;;-2;. The van der Waals surface area contributed by atoms with Crippen LogP contribution >= 0.6 is 67.8 Å². The van der Waals surface area contributed by atoms with Crippen LogP contribution in [0.15, 0.2) is 202 Å². The molecule has 12 aromatic rings. The molecule has 567 valence electrons. The van der Waals surface area contributed by atoms with Gasteiger partial charge in [-0.1, -0.05) is 171 Å². The quantitative estimate of drug-likeness (QED) is 0.0175. The van der Waals surface area contributed by atoms with E-state index in [1.165, 1.54) is 0 Å². The second-order valence-corrected chi connectivity index (χ2v) is 29.3. The number of benzene rings is 9. The summed E-state index contributed by atoms with van der Waals surface area (Å²) in [6.07, 6.45) is 5.13. The van der Waals surface area contributed by atoms with Crippen molar-refractivity contribution in [1.82, 2.24) is 41.1 Å². The molecule has 0 saturated heterocycles. The first-order valence-corrected chi connectivity index (χ1v) is 37.7. The zero-order valence-electron chi connectivity index (χ0n) is 61.3. The van der Waals surface area contributed by atoms with Gasteiger partial charge in [0.25, 0.3) is 46.2 Å². The number of imide groups is 1. The SMILES string of the molecule is CC#Cc1ccc2c(=O)[nH]c(C(=O)NCc3ccc(C)cc3)c(O)c2c1.CCCc1ccc2c(=O)[nH]c(C(=O)NCc3ccc(C)cc3)c(O)c2c1.Cc1ccc(CNC(=O)CN2C(=O)c3ccc(I)cc3C2=O)cc1.Cc1ccc(CNC(=O)c2[nH]c(=O)c3ccc(I)cc3c2O)cc1.O=[C-]c1ccc(I)cc1[C-]=O.[Y]. The van der Waals surface area contributed by atoms with Gasteiger partial charge in [0.2, 0.25) is 5.91 Å². The average Bonchev–Trinajstić information content (AvgIpc) is 1.15. The Kier molecular flexibility index (Phi) is 31.7. The Morgan fingerprint density at radius 2 is 0.777 bits per heavy atom. The predicted molar refractivity (Wildman–Crippen MR) is 451 cm³/mol. The van der Waals surface area contributed by atoms with Crippen molar-refractivity contribution in [3.63, 3.8) is 0 Å². The molecule has 3 aromatic heterocycles. The molecule has 0 spiro atoms. The van der Waals surface area contributed by atoms with Gasteiger partial charge in [0, 0.05) is 87.8 Å². The van der Waals surface area contributed by atoms with Crippen LogP contribution in [0, 0.1) is 50.2 Å². The number of carbonyl (C=O) groups is 6. The number of nitrogens with zero attached hydrogens (tertiary/aromatic N) is 1. The van der Waals surface area contributed by atoms with Gasteiger partial charge in [-0.05, 0) is 193 Å². The van der Waals surface area contributed by atoms with E-state index in [9.17, 15) is 68.1 Å². The number of pyridine rings is 3. The first kappa shape index (κ1) is 86.8. The number of H-pyrrole nitrogens is 3. The van der Waals surface area contributed by atoms with E-state index in [0.717, 1.165) is 78.5 Å². The molecule has 0 aliphatic carbocycles. The molecule has 9 aromatic carbocycles. The van der Waals surface area contributed by atoms with E-state index in [1.54, 1.807) is 104 Å². The Morgan fingerprint density at radius 3 is 1.21 bits per heavy atom. The number of carbonyl (C=O) groups excluding carboxylic acids is 8. The van der Waals surface area contributed by atoms with Gasteiger partial charge in [0.15, 0.2) is 17.2 Å². The number of aromatic amines is 3. The molecule has 1 aliphatic rings. The first-order chi connectivity index (χ1) is 53.2. The number of aromatic nitrogens is 3. The minimum absolute atomic E-state index is 0. The van der Waals surface area contributed by atoms with Gasteiger partial charge in [0.05, 0.1) is 27.3 Å². The molecular weight excluding hydrogens is 1840 g/mol. The number of amides is 6. The maximum atomic E-state index is 12.5. The Bertz CT molecular complexity index is 5820. The number of hydrogen-bond acceptors (Lipinski definition) is 14. The van der Waals surface area contributed by atoms with Crippen molar-refractivity contribution in [3.8, 4) is 29.1 Å². The molecule has 0 fully saturated rings. The van der Waals surface area contributed by atoms with Crippen molar-refractivity contribution < 1.29 is 86.4 Å². The predicted octanol–water partition coefficient (Wildman–Crippen LogP) is 13.1. The fourth-order valence-electron chi connectivity index (χ4n) is 11.2. The van der Waals surface area contributed by atoms with Crippen LogP contribution < -0.4 is 37.9 Å².